The number of halogens is 1. The normalized spacial score (nSPS) is 11.3. The van der Waals surface area contributed by atoms with Crippen LogP contribution in [0.5, 0.6) is 0 Å². The van der Waals surface area contributed by atoms with Crippen LogP contribution in [-0.4, -0.2) is 18.5 Å². The lowest BCUT2D eigenvalue weighted by molar-refractivity contribution is 0.275. The number of nitrogens with one attached hydrogen (secondary N) is 1. The van der Waals surface area contributed by atoms with E-state index in [0.29, 0.717) is 11.3 Å². The molecule has 0 spiro atoms. The van der Waals surface area contributed by atoms with E-state index >= 15 is 0 Å². The first-order valence-corrected chi connectivity index (χ1v) is 7.25. The third-order valence-electron chi connectivity index (χ3n) is 2.78. The predicted molar refractivity (Wildman–Crippen MR) is 72.1 cm³/mol. The van der Waals surface area contributed by atoms with E-state index in [1.807, 2.05) is 0 Å². The number of aliphatic hydroxyl groups is 1. The first-order valence-electron chi connectivity index (χ1n) is 5.77. The second kappa shape index (κ2) is 5.56. The zero-order valence-corrected chi connectivity index (χ0v) is 11.5. The summed E-state index contributed by atoms with van der Waals surface area (Å²) in [6.45, 7) is 1.17. The molecule has 0 fully saturated rings. The van der Waals surface area contributed by atoms with Crippen LogP contribution in [0.2, 0.25) is 0 Å². The van der Waals surface area contributed by atoms with Gasteiger partial charge in [-0.15, -0.1) is 0 Å². The van der Waals surface area contributed by atoms with Crippen molar-refractivity contribution in [1.29, 1.82) is 0 Å². The first-order chi connectivity index (χ1) is 9.44. The molecule has 0 unspecified atom stereocenters. The van der Waals surface area contributed by atoms with Gasteiger partial charge >= 0.3 is 0 Å². The van der Waals surface area contributed by atoms with E-state index in [1.54, 1.807) is 19.2 Å². The largest absolute Gasteiger partial charge is 0.392 e. The van der Waals surface area contributed by atoms with E-state index in [4.69, 9.17) is 5.11 Å². The highest BCUT2D eigenvalue weighted by Crippen LogP contribution is 2.20. The number of aromatic nitrogens is 1. The zero-order chi connectivity index (χ0) is 14.8. The van der Waals surface area contributed by atoms with E-state index in [1.165, 1.54) is 6.20 Å². The summed E-state index contributed by atoms with van der Waals surface area (Å²) in [5, 5.41) is 8.98. The minimum Gasteiger partial charge on any atom is -0.392 e. The van der Waals surface area contributed by atoms with Crippen molar-refractivity contribution in [1.82, 2.24) is 4.98 Å². The molecule has 2 aromatic rings. The highest BCUT2D eigenvalue weighted by Gasteiger charge is 2.17. The van der Waals surface area contributed by atoms with Crippen LogP contribution in [0.25, 0.3) is 0 Å². The summed E-state index contributed by atoms with van der Waals surface area (Å²) in [4.78, 5) is 3.72. The van der Waals surface area contributed by atoms with Gasteiger partial charge in [0.05, 0.1) is 23.4 Å². The number of hydrogen-bond acceptors (Lipinski definition) is 4. The molecule has 0 aliphatic rings. The van der Waals surface area contributed by atoms with Gasteiger partial charge in [-0.05, 0) is 36.8 Å². The van der Waals surface area contributed by atoms with Gasteiger partial charge in [-0.3, -0.25) is 9.71 Å². The van der Waals surface area contributed by atoms with Crippen LogP contribution in [0.3, 0.4) is 0 Å². The average molecular weight is 296 g/mol. The second-order valence-corrected chi connectivity index (χ2v) is 5.89. The molecule has 0 bridgehead atoms. The summed E-state index contributed by atoms with van der Waals surface area (Å²) in [5.41, 5.74) is 0.992. The van der Waals surface area contributed by atoms with Crippen molar-refractivity contribution < 1.29 is 17.9 Å². The van der Waals surface area contributed by atoms with Crippen LogP contribution < -0.4 is 4.72 Å². The molecule has 2 N–H and O–H groups in total. The maximum Gasteiger partial charge on any atom is 0.261 e. The van der Waals surface area contributed by atoms with E-state index in [-0.39, 0.29) is 10.5 Å². The molecule has 0 aliphatic heterocycles. The molecule has 20 heavy (non-hydrogen) atoms. The van der Waals surface area contributed by atoms with Gasteiger partial charge in [0.1, 0.15) is 5.82 Å². The lowest BCUT2D eigenvalue weighted by Crippen LogP contribution is -2.14. The molecular formula is C13H13FN2O3S. The van der Waals surface area contributed by atoms with Gasteiger partial charge in [0.2, 0.25) is 0 Å². The quantitative estimate of drug-likeness (QED) is 0.902. The Hall–Kier alpha value is -1.99. The van der Waals surface area contributed by atoms with Gasteiger partial charge in [0.25, 0.3) is 10.0 Å². The average Bonchev–Trinajstić information content (AvgIpc) is 2.41. The standard InChI is InChI=1S/C13H13FN2O3S/c1-9-4-5-15-7-13(9)16-20(18,19)11-2-3-12(14)10(6-11)8-17/h2-7,16-17H,8H2,1H3. The van der Waals surface area contributed by atoms with Crippen LogP contribution >= 0.6 is 0 Å². The molecule has 0 saturated carbocycles. The smallest absolute Gasteiger partial charge is 0.261 e. The Bertz CT molecular complexity index is 732. The molecule has 2 rings (SSSR count). The fourth-order valence-electron chi connectivity index (χ4n) is 1.61. The van der Waals surface area contributed by atoms with Crippen LogP contribution in [-0.2, 0) is 16.6 Å². The number of sulfonamides is 1. The lowest BCUT2D eigenvalue weighted by atomic mass is 10.2. The maximum absolute atomic E-state index is 13.3. The fourth-order valence-corrected chi connectivity index (χ4v) is 2.78. The van der Waals surface area contributed by atoms with Crippen LogP contribution in [0.1, 0.15) is 11.1 Å². The van der Waals surface area contributed by atoms with Crippen molar-refractivity contribution in [2.24, 2.45) is 0 Å². The lowest BCUT2D eigenvalue weighted by Gasteiger charge is -2.10. The van der Waals surface area contributed by atoms with Gasteiger partial charge in [-0.25, -0.2) is 12.8 Å². The summed E-state index contributed by atoms with van der Waals surface area (Å²) >= 11 is 0. The molecule has 0 aliphatic carbocycles. The van der Waals surface area contributed by atoms with E-state index in [0.717, 1.165) is 18.2 Å². The van der Waals surface area contributed by atoms with Gasteiger partial charge in [0.15, 0.2) is 0 Å². The van der Waals surface area contributed by atoms with E-state index < -0.39 is 22.4 Å². The van der Waals surface area contributed by atoms with Crippen molar-refractivity contribution in [3.63, 3.8) is 0 Å². The Morgan fingerprint density at radius 3 is 2.75 bits per heavy atom. The van der Waals surface area contributed by atoms with E-state index in [9.17, 15) is 12.8 Å². The Morgan fingerprint density at radius 2 is 2.10 bits per heavy atom. The summed E-state index contributed by atoms with van der Waals surface area (Å²) in [6.07, 6.45) is 2.94. The molecule has 0 amide bonds. The van der Waals surface area contributed by atoms with Gasteiger partial charge in [0, 0.05) is 11.8 Å². The SMILES string of the molecule is Cc1ccncc1NS(=O)(=O)c1ccc(F)c(CO)c1. The van der Waals surface area contributed by atoms with Crippen molar-refractivity contribution in [2.45, 2.75) is 18.4 Å². The minimum absolute atomic E-state index is 0.0733. The minimum atomic E-state index is -3.85. The molecule has 106 valence electrons. The number of aliphatic hydroxyl groups excluding tert-OH is 1. The fraction of sp³-hybridized carbons (Fsp3) is 0.154. The zero-order valence-electron chi connectivity index (χ0n) is 10.7. The van der Waals surface area contributed by atoms with Crippen molar-refractivity contribution in [2.75, 3.05) is 4.72 Å². The molecule has 1 aromatic carbocycles. The van der Waals surface area contributed by atoms with Gasteiger partial charge in [-0.2, -0.15) is 0 Å². The molecular weight excluding hydrogens is 283 g/mol. The van der Waals surface area contributed by atoms with Gasteiger partial charge in [-0.1, -0.05) is 0 Å². The highest BCUT2D eigenvalue weighted by molar-refractivity contribution is 7.92. The molecule has 0 radical (unpaired) electrons. The summed E-state index contributed by atoms with van der Waals surface area (Å²) in [6, 6.07) is 4.92. The summed E-state index contributed by atoms with van der Waals surface area (Å²) in [5.74, 6) is -0.649. The van der Waals surface area contributed by atoms with Crippen molar-refractivity contribution >= 4 is 15.7 Å². The van der Waals surface area contributed by atoms with Crippen molar-refractivity contribution in [3.8, 4) is 0 Å². The molecule has 0 saturated heterocycles. The molecule has 5 nitrogen and oxygen atoms in total. The van der Waals surface area contributed by atoms with Crippen molar-refractivity contribution in [3.05, 3.63) is 53.6 Å². The number of benzene rings is 1. The van der Waals surface area contributed by atoms with Gasteiger partial charge < -0.3 is 5.11 Å². The van der Waals surface area contributed by atoms with Crippen LogP contribution in [0.15, 0.2) is 41.6 Å². The topological polar surface area (TPSA) is 79.3 Å². The number of aryl methyl sites for hydroxylation is 1. The molecule has 7 heteroatoms. The van der Waals surface area contributed by atoms with E-state index in [2.05, 4.69) is 9.71 Å². The molecule has 1 heterocycles. The summed E-state index contributed by atoms with van der Waals surface area (Å²) in [7, 11) is -3.85. The molecule has 1 aromatic heterocycles. The third kappa shape index (κ3) is 2.94. The summed E-state index contributed by atoms with van der Waals surface area (Å²) < 4.78 is 40.0. The Morgan fingerprint density at radius 1 is 1.35 bits per heavy atom. The van der Waals surface area contributed by atoms with Crippen LogP contribution in [0, 0.1) is 12.7 Å². The number of hydrogen-bond donors (Lipinski definition) is 2. The second-order valence-electron chi connectivity index (χ2n) is 4.21. The monoisotopic (exact) mass is 296 g/mol. The van der Waals surface area contributed by atoms with Crippen LogP contribution in [0.4, 0.5) is 10.1 Å². The maximum atomic E-state index is 13.3. The Labute approximate surface area is 116 Å². The first kappa shape index (κ1) is 14.4. The number of rotatable bonds is 4. The number of nitrogens with zero attached hydrogens (tertiary/aromatic N) is 1. The Kier molecular flexibility index (Phi) is 4.01. The third-order valence-corrected chi connectivity index (χ3v) is 4.14. The number of anilines is 1. The number of pyridine rings is 1. The molecule has 0 atom stereocenters. The highest BCUT2D eigenvalue weighted by atomic mass is 32.2. The predicted octanol–water partition coefficient (Wildman–Crippen LogP) is 1.82. The Balaban J connectivity index is 2.38.